The van der Waals surface area contributed by atoms with Crippen LogP contribution in [0.1, 0.15) is 13.2 Å². The molecular weight excluding hydrogens is 534 g/mol. The van der Waals surface area contributed by atoms with Gasteiger partial charge in [0.25, 0.3) is 0 Å². The summed E-state index contributed by atoms with van der Waals surface area (Å²) >= 11 is 0. The Labute approximate surface area is 189 Å². The quantitative estimate of drug-likeness (QED) is 0.143. The molecule has 1 aliphatic rings. The van der Waals surface area contributed by atoms with Crippen molar-refractivity contribution >= 4 is 29.3 Å². The normalized spacial score (nSPS) is 29.5. The molecule has 0 spiro atoms. The zero-order valence-corrected chi connectivity index (χ0v) is 19.5. The Morgan fingerprint density at radius 2 is 1.91 bits per heavy atom. The van der Waals surface area contributed by atoms with Gasteiger partial charge in [0.05, 0.1) is 6.10 Å². The van der Waals surface area contributed by atoms with Gasteiger partial charge >= 0.3 is 29.2 Å². The lowest BCUT2D eigenvalue weighted by molar-refractivity contribution is -0.0868. The van der Waals surface area contributed by atoms with Gasteiger partial charge in [0.15, 0.2) is 11.8 Å². The Morgan fingerprint density at radius 1 is 1.29 bits per heavy atom. The zero-order chi connectivity index (χ0) is 26.1. The molecule has 1 aromatic rings. The Hall–Kier alpha value is -1.54. The average Bonchev–Trinajstić information content (AvgIpc) is 2.88. The maximum atomic E-state index is 12.6. The molecule has 1 saturated heterocycles. The first-order chi connectivity index (χ1) is 15.4. The van der Waals surface area contributed by atoms with Gasteiger partial charge in [-0.3, -0.25) is 9.09 Å². The molecule has 0 radical (unpaired) electrons. The number of anilines is 1. The number of rotatable bonds is 8. The van der Waals surface area contributed by atoms with Crippen molar-refractivity contribution in [2.75, 3.05) is 12.4 Å². The van der Waals surface area contributed by atoms with E-state index in [0.717, 1.165) is 19.2 Å². The summed E-state index contributed by atoms with van der Waals surface area (Å²) in [5.74, 6) is 3.63. The van der Waals surface area contributed by atoms with Crippen LogP contribution < -0.4 is 11.4 Å². The van der Waals surface area contributed by atoms with Gasteiger partial charge in [0.2, 0.25) is 0 Å². The number of hydrogen-bond acceptors (Lipinski definition) is 12. The van der Waals surface area contributed by atoms with Crippen molar-refractivity contribution in [3.05, 3.63) is 22.7 Å². The number of aromatic nitrogens is 2. The van der Waals surface area contributed by atoms with Gasteiger partial charge in [0.1, 0.15) is 24.7 Å². The minimum atomic E-state index is -5.83. The van der Waals surface area contributed by atoms with Crippen LogP contribution in [0.25, 0.3) is 0 Å². The number of aliphatic hydroxyl groups is 2. The molecule has 0 aromatic carbocycles. The van der Waals surface area contributed by atoms with Gasteiger partial charge in [0, 0.05) is 6.20 Å². The summed E-state index contributed by atoms with van der Waals surface area (Å²) in [6.07, 6.45) is -6.65. The van der Waals surface area contributed by atoms with Crippen molar-refractivity contribution in [1.29, 1.82) is 0 Å². The fourth-order valence-corrected chi connectivity index (χ4v) is 6.05. The molecule has 8 N–H and O–H groups in total. The number of phosphoric acid groups is 3. The predicted molar refractivity (Wildman–Crippen MR) is 106 cm³/mol. The maximum Gasteiger partial charge on any atom is 0.490 e. The van der Waals surface area contributed by atoms with Crippen molar-refractivity contribution in [2.24, 2.45) is 0 Å². The van der Waals surface area contributed by atoms with Crippen LogP contribution in [0.3, 0.4) is 0 Å². The first-order valence-electron chi connectivity index (χ1n) is 8.69. The largest absolute Gasteiger partial charge is 0.490 e. The molecule has 17 nitrogen and oxygen atoms in total. The van der Waals surface area contributed by atoms with Crippen LogP contribution in [-0.2, 0) is 31.6 Å². The molecule has 3 unspecified atom stereocenters. The third-order valence-electron chi connectivity index (χ3n) is 4.06. The van der Waals surface area contributed by atoms with Gasteiger partial charge in [-0.25, -0.2) is 22.9 Å². The van der Waals surface area contributed by atoms with Gasteiger partial charge in [-0.05, 0) is 13.0 Å². The highest BCUT2D eigenvalue weighted by Crippen LogP contribution is 2.66. The van der Waals surface area contributed by atoms with E-state index in [9.17, 15) is 42.9 Å². The van der Waals surface area contributed by atoms with Gasteiger partial charge in [-0.15, -0.1) is 0 Å². The summed E-state index contributed by atoms with van der Waals surface area (Å²) in [6, 6.07) is 1.11. The number of alkyl halides is 1. The van der Waals surface area contributed by atoms with Crippen molar-refractivity contribution < 1.29 is 65.8 Å². The van der Waals surface area contributed by atoms with E-state index in [-0.39, 0.29) is 5.82 Å². The Kier molecular flexibility index (Phi) is 8.62. The van der Waals surface area contributed by atoms with Crippen molar-refractivity contribution in [2.45, 2.75) is 37.1 Å². The van der Waals surface area contributed by atoms with Crippen molar-refractivity contribution in [3.63, 3.8) is 0 Å². The molecule has 192 valence electrons. The van der Waals surface area contributed by atoms with Gasteiger partial charge < -0.3 is 40.3 Å². The number of nitrogens with two attached hydrogens (primary N) is 1. The summed E-state index contributed by atoms with van der Waals surface area (Å²) in [4.78, 5) is 51.6. The lowest BCUT2D eigenvalue weighted by Gasteiger charge is -2.27. The van der Waals surface area contributed by atoms with E-state index in [1.807, 2.05) is 11.8 Å². The number of halogens is 1. The SMILES string of the molecule is C[C@@H](OP(=O)(O)OP(=O)(O)OP(=O)(O)O)[C@H]1O[C@@H](n2ccc(N)nc2=O)C(O)(C#CCF)[C@H]1O. The molecule has 21 heteroatoms. The van der Waals surface area contributed by atoms with E-state index in [0.29, 0.717) is 4.57 Å². The minimum Gasteiger partial charge on any atom is -0.386 e. The Morgan fingerprint density at radius 3 is 2.44 bits per heavy atom. The highest BCUT2D eigenvalue weighted by molar-refractivity contribution is 7.66. The Balaban J connectivity index is 2.34. The second kappa shape index (κ2) is 10.2. The zero-order valence-electron chi connectivity index (χ0n) is 16.8. The van der Waals surface area contributed by atoms with E-state index in [1.54, 1.807) is 0 Å². The second-order valence-corrected chi connectivity index (χ2v) is 11.0. The third kappa shape index (κ3) is 7.00. The smallest absolute Gasteiger partial charge is 0.386 e. The first-order valence-corrected chi connectivity index (χ1v) is 13.2. The number of aliphatic hydroxyl groups excluding tert-OH is 1. The molecule has 2 rings (SSSR count). The third-order valence-corrected chi connectivity index (χ3v) is 7.99. The van der Waals surface area contributed by atoms with E-state index >= 15 is 0 Å². The molecule has 1 aromatic heterocycles. The summed E-state index contributed by atoms with van der Waals surface area (Å²) in [7, 11) is -17.1. The highest BCUT2D eigenvalue weighted by atomic mass is 31.3. The maximum absolute atomic E-state index is 12.6. The summed E-state index contributed by atoms with van der Waals surface area (Å²) < 4.78 is 64.6. The van der Waals surface area contributed by atoms with Crippen LogP contribution in [0.2, 0.25) is 0 Å². The monoisotopic (exact) mass is 553 g/mol. The molecule has 2 heterocycles. The lowest BCUT2D eigenvalue weighted by atomic mass is 9.92. The first kappa shape index (κ1) is 28.7. The number of ether oxygens (including phenoxy) is 1. The lowest BCUT2D eigenvalue weighted by Crippen LogP contribution is -2.49. The molecule has 0 amide bonds. The number of nitrogens with zero attached hydrogens (tertiary/aromatic N) is 2. The topological polar surface area (TPSA) is 270 Å². The van der Waals surface area contributed by atoms with Crippen LogP contribution in [0.4, 0.5) is 10.2 Å². The van der Waals surface area contributed by atoms with Crippen LogP contribution in [0.5, 0.6) is 0 Å². The van der Waals surface area contributed by atoms with E-state index in [1.165, 1.54) is 0 Å². The van der Waals surface area contributed by atoms with Crippen LogP contribution in [-0.4, -0.2) is 69.9 Å². The van der Waals surface area contributed by atoms with E-state index in [2.05, 4.69) is 18.1 Å². The summed E-state index contributed by atoms with van der Waals surface area (Å²) in [5, 5.41) is 21.5. The molecular formula is C13H19FN3O14P3. The Bertz CT molecular complexity index is 1180. The fraction of sp³-hybridized carbons (Fsp3) is 0.538. The summed E-state index contributed by atoms with van der Waals surface area (Å²) in [5.41, 5.74) is 1.60. The highest BCUT2D eigenvalue weighted by Gasteiger charge is 2.58. The molecule has 0 bridgehead atoms. The standard InChI is InChI=1S/C13H19FN3O14P3/c1-7(29-33(24,25)31-34(26,27)30-32(21,22)23)9-10(18)13(20,4-2-5-14)11(28-9)17-6-3-8(15)16-12(17)19/h3,6-7,9-11,18,20H,5H2,1H3,(H,24,25)(H,26,27)(H2,15,16,19)(H2,21,22,23)/t7-,9-,10+,11-,13?/m1/s1. The molecule has 1 fully saturated rings. The average molecular weight is 553 g/mol. The second-order valence-electron chi connectivity index (χ2n) is 6.60. The van der Waals surface area contributed by atoms with Crippen molar-refractivity contribution in [3.8, 4) is 11.8 Å². The molecule has 34 heavy (non-hydrogen) atoms. The van der Waals surface area contributed by atoms with Crippen LogP contribution >= 0.6 is 23.5 Å². The van der Waals surface area contributed by atoms with Gasteiger partial charge in [-0.2, -0.15) is 13.6 Å². The van der Waals surface area contributed by atoms with Gasteiger partial charge in [-0.1, -0.05) is 11.8 Å². The molecule has 0 aliphatic carbocycles. The molecule has 0 saturated carbocycles. The minimum absolute atomic E-state index is 0.212. The van der Waals surface area contributed by atoms with Crippen molar-refractivity contribution in [1.82, 2.24) is 9.55 Å². The van der Waals surface area contributed by atoms with E-state index < -0.39 is 66.0 Å². The fourth-order valence-electron chi connectivity index (χ4n) is 2.85. The predicted octanol–water partition coefficient (Wildman–Crippen LogP) is -1.48. The number of phosphoric ester groups is 1. The number of hydrogen-bond donors (Lipinski definition) is 7. The van der Waals surface area contributed by atoms with Crippen LogP contribution in [0.15, 0.2) is 17.1 Å². The van der Waals surface area contributed by atoms with Crippen LogP contribution in [0, 0.1) is 11.8 Å². The molecule has 1 aliphatic heterocycles. The summed E-state index contributed by atoms with van der Waals surface area (Å²) in [6.45, 7) is -0.333. The number of nitrogen functional groups attached to an aromatic ring is 1. The molecule has 7 atom stereocenters. The van der Waals surface area contributed by atoms with E-state index in [4.69, 9.17) is 20.3 Å².